The van der Waals surface area contributed by atoms with Crippen LogP contribution >= 0.6 is 22.1 Å². The molecule has 242 valence electrons. The fourth-order valence-corrected chi connectivity index (χ4v) is 8.97. The molecule has 6 rings (SSSR count). The van der Waals surface area contributed by atoms with Crippen LogP contribution in [0.5, 0.6) is 0 Å². The van der Waals surface area contributed by atoms with Gasteiger partial charge in [-0.2, -0.15) is 13.2 Å². The van der Waals surface area contributed by atoms with Gasteiger partial charge in [-0.15, -0.1) is 22.1 Å². The first-order chi connectivity index (χ1) is 21.7. The number of hydroxylamine groups is 1. The van der Waals surface area contributed by atoms with E-state index in [0.717, 1.165) is 12.5 Å². The monoisotopic (exact) mass is 697 g/mol. The number of oxazole rings is 1. The molecule has 0 saturated carbocycles. The van der Waals surface area contributed by atoms with Gasteiger partial charge in [0.1, 0.15) is 21.3 Å². The van der Waals surface area contributed by atoms with Crippen LogP contribution in [0.15, 0.2) is 81.9 Å². The number of nitrogens with one attached hydrogen (secondary N) is 2. The number of amides is 1. The van der Waals surface area contributed by atoms with Crippen molar-refractivity contribution in [2.45, 2.75) is 34.5 Å². The first kappa shape index (κ1) is 31.7. The number of sulfonamides is 1. The molecule has 0 spiro atoms. The topological polar surface area (TPSA) is 188 Å². The molecule has 2 aromatic carbocycles. The van der Waals surface area contributed by atoms with Crippen molar-refractivity contribution < 1.29 is 49.5 Å². The number of alkyl halides is 3. The van der Waals surface area contributed by atoms with Crippen LogP contribution in [-0.2, 0) is 30.9 Å². The third-order valence-electron chi connectivity index (χ3n) is 6.94. The molecule has 46 heavy (non-hydrogen) atoms. The minimum Gasteiger partial charge on any atom is -0.443 e. The van der Waals surface area contributed by atoms with Crippen LogP contribution in [0.1, 0.15) is 34.7 Å². The van der Waals surface area contributed by atoms with Gasteiger partial charge in [0.15, 0.2) is 12.2 Å². The van der Waals surface area contributed by atoms with Crippen molar-refractivity contribution in [3.8, 4) is 10.6 Å². The smallest absolute Gasteiger partial charge is 0.443 e. The Hall–Kier alpha value is -4.27. The summed E-state index contributed by atoms with van der Waals surface area (Å²) >= 11 is 0.655. The number of hydrogen-bond donors (Lipinski definition) is 4. The maximum atomic E-state index is 14.0. The Morgan fingerprint density at radius 2 is 1.89 bits per heavy atom. The number of aromatic nitrogens is 3. The van der Waals surface area contributed by atoms with Crippen molar-refractivity contribution in [3.63, 3.8) is 0 Å². The van der Waals surface area contributed by atoms with Gasteiger partial charge in [0.25, 0.3) is 10.0 Å². The molecule has 0 bridgehead atoms. The van der Waals surface area contributed by atoms with Crippen molar-refractivity contribution in [1.29, 1.82) is 0 Å². The van der Waals surface area contributed by atoms with Crippen molar-refractivity contribution in [2.24, 2.45) is 0 Å². The zero-order valence-corrected chi connectivity index (χ0v) is 25.5. The van der Waals surface area contributed by atoms with Gasteiger partial charge in [-0.05, 0) is 46.3 Å². The lowest BCUT2D eigenvalue weighted by Gasteiger charge is -2.33. The second-order valence-electron chi connectivity index (χ2n) is 10.0. The van der Waals surface area contributed by atoms with Crippen LogP contribution in [0, 0.1) is 0 Å². The average Bonchev–Trinajstić information content (AvgIpc) is 3.80. The van der Waals surface area contributed by atoms with E-state index >= 15 is 0 Å². The maximum Gasteiger partial charge on any atom is 0.492 e. The number of benzene rings is 2. The molecule has 13 nitrogen and oxygen atoms in total. The molecule has 1 aliphatic heterocycles. The first-order valence-corrected chi connectivity index (χ1v) is 17.0. The van der Waals surface area contributed by atoms with Gasteiger partial charge < -0.3 is 14.2 Å². The number of imidazole rings is 1. The Balaban J connectivity index is 1.43. The number of carbonyl (C=O) groups is 2. The van der Waals surface area contributed by atoms with Crippen molar-refractivity contribution in [1.82, 2.24) is 24.1 Å². The second kappa shape index (κ2) is 11.8. The first-order valence-electron chi connectivity index (χ1n) is 13.2. The highest BCUT2D eigenvalue weighted by Gasteiger charge is 2.48. The molecule has 1 aliphatic rings. The van der Waals surface area contributed by atoms with E-state index in [1.54, 1.807) is 24.3 Å². The molecule has 1 amide bonds. The Kier molecular flexibility index (Phi) is 8.15. The summed E-state index contributed by atoms with van der Waals surface area (Å²) in [6.07, 6.45) is -3.65. The summed E-state index contributed by atoms with van der Waals surface area (Å²) in [5, 5.41) is -0.942. The predicted octanol–water partition coefficient (Wildman–Crippen LogP) is 5.50. The molecule has 3 aromatic heterocycles. The second-order valence-corrected chi connectivity index (χ2v) is 15.1. The standard InChI is InChI=1S/C27H22F3N5O8S3/c28-27(29,30)26(37)43-35(46(40,41)24-10-9-21(44-24)20-13-31-14-42-20)19(25-32-17-3-1-2-4-18(17)33-25)11-15-5-7-16(8-6-15)22-12-23(36)34-45(22,38)39/h1-10,13-14,19,22,38-39H,11-12H2,(H,32,33)(H,34,36)/t19-,22?/m0/s1. The Labute approximate surface area is 263 Å². The Morgan fingerprint density at radius 3 is 2.52 bits per heavy atom. The molecule has 0 radical (unpaired) electrons. The molecular weight excluding hydrogens is 676 g/mol. The van der Waals surface area contributed by atoms with Gasteiger partial charge in [0, 0.05) is 0 Å². The summed E-state index contributed by atoms with van der Waals surface area (Å²) in [4.78, 5) is 40.0. The normalized spacial score (nSPS) is 18.0. The number of H-pyrrole nitrogens is 1. The molecule has 1 fully saturated rings. The summed E-state index contributed by atoms with van der Waals surface area (Å²) in [5.41, 5.74) is 1.53. The summed E-state index contributed by atoms with van der Waals surface area (Å²) < 4.78 is 96.1. The largest absolute Gasteiger partial charge is 0.492 e. The summed E-state index contributed by atoms with van der Waals surface area (Å²) in [6, 6.07) is 13.3. The third-order valence-corrected chi connectivity index (χ3v) is 11.9. The average molecular weight is 698 g/mol. The lowest BCUT2D eigenvalue weighted by atomic mass is 10.0. The molecule has 5 aromatic rings. The molecule has 1 unspecified atom stereocenters. The van der Waals surface area contributed by atoms with Gasteiger partial charge in [-0.1, -0.05) is 36.4 Å². The number of rotatable bonds is 9. The molecule has 4 N–H and O–H groups in total. The van der Waals surface area contributed by atoms with Crippen LogP contribution in [0.3, 0.4) is 0 Å². The fourth-order valence-electron chi connectivity index (χ4n) is 4.80. The summed E-state index contributed by atoms with van der Waals surface area (Å²) in [6.45, 7) is 0. The van der Waals surface area contributed by atoms with Crippen molar-refractivity contribution in [2.75, 3.05) is 0 Å². The molecule has 19 heteroatoms. The number of thiophene rings is 1. The number of hydrogen-bond acceptors (Lipinski definition) is 11. The zero-order chi connectivity index (χ0) is 32.9. The number of halogens is 3. The van der Waals surface area contributed by atoms with Crippen molar-refractivity contribution >= 4 is 55.0 Å². The summed E-state index contributed by atoms with van der Waals surface area (Å²) in [7, 11) is -8.46. The number of aromatic amines is 1. The molecule has 0 aliphatic carbocycles. The van der Waals surface area contributed by atoms with Gasteiger partial charge >= 0.3 is 12.1 Å². The number of para-hydroxylation sites is 2. The molecule has 1 saturated heterocycles. The van der Waals surface area contributed by atoms with Gasteiger partial charge in [-0.3, -0.25) is 18.6 Å². The van der Waals surface area contributed by atoms with E-state index in [9.17, 15) is 40.3 Å². The number of fused-ring (bicyclic) bond motifs is 1. The van der Waals surface area contributed by atoms with Crippen LogP contribution in [0.4, 0.5) is 13.2 Å². The van der Waals surface area contributed by atoms with Crippen LogP contribution in [0.2, 0.25) is 0 Å². The van der Waals surface area contributed by atoms with Gasteiger partial charge in [0.2, 0.25) is 5.91 Å². The van der Waals surface area contributed by atoms with Crippen LogP contribution in [-0.4, -0.2) is 55.0 Å². The highest BCUT2D eigenvalue weighted by molar-refractivity contribution is 8.23. The predicted molar refractivity (Wildman–Crippen MR) is 158 cm³/mol. The van der Waals surface area contributed by atoms with E-state index in [0.29, 0.717) is 38.4 Å². The van der Waals surface area contributed by atoms with E-state index in [4.69, 9.17) is 4.42 Å². The number of carbonyl (C=O) groups excluding carboxylic acids is 2. The van der Waals surface area contributed by atoms with Gasteiger partial charge in [0.05, 0.1) is 28.5 Å². The molecule has 4 heterocycles. The highest BCUT2D eigenvalue weighted by atomic mass is 32.3. The molecular formula is C27H22F3N5O8S3. The lowest BCUT2D eigenvalue weighted by molar-refractivity contribution is -0.227. The SMILES string of the molecule is O=C1CC(c2ccc(C[C@@H](c3nc4ccccc4[nH]3)N(OC(=O)C(F)(F)F)S(=O)(=O)c3ccc(-c4cnco4)s3)cc2)S(O)(O)N1. The Bertz CT molecular complexity index is 1980. The van der Waals surface area contributed by atoms with E-state index in [1.165, 1.54) is 36.5 Å². The van der Waals surface area contributed by atoms with E-state index in [1.807, 2.05) is 0 Å². The zero-order valence-electron chi connectivity index (χ0n) is 23.0. The summed E-state index contributed by atoms with van der Waals surface area (Å²) in [5.74, 6) is -3.25. The Morgan fingerprint density at radius 1 is 1.15 bits per heavy atom. The minimum atomic E-state index is -5.55. The quantitative estimate of drug-likeness (QED) is 0.143. The van der Waals surface area contributed by atoms with Crippen LogP contribution in [0.25, 0.3) is 21.7 Å². The third kappa shape index (κ3) is 6.24. The van der Waals surface area contributed by atoms with Crippen molar-refractivity contribution in [3.05, 3.63) is 90.2 Å². The minimum absolute atomic E-state index is 0.0133. The van der Waals surface area contributed by atoms with E-state index in [-0.39, 0.29) is 28.9 Å². The highest BCUT2D eigenvalue weighted by Crippen LogP contribution is 2.56. The van der Waals surface area contributed by atoms with E-state index < -0.39 is 54.4 Å². The molecule has 2 atom stereocenters. The van der Waals surface area contributed by atoms with E-state index in [2.05, 4.69) is 24.5 Å². The number of nitrogens with zero attached hydrogens (tertiary/aromatic N) is 3. The van der Waals surface area contributed by atoms with Gasteiger partial charge in [-0.25, -0.2) is 23.2 Å². The fraction of sp³-hybridized carbons (Fsp3) is 0.185. The van der Waals surface area contributed by atoms with Crippen LogP contribution < -0.4 is 4.72 Å². The maximum absolute atomic E-state index is 14.0. The lowest BCUT2D eigenvalue weighted by Crippen LogP contribution is -2.41.